The highest BCUT2D eigenvalue weighted by atomic mass is 16.5. The van der Waals surface area contributed by atoms with Crippen molar-refractivity contribution in [2.24, 2.45) is 5.92 Å². The molecule has 3 nitrogen and oxygen atoms in total. The molecule has 16 heavy (non-hydrogen) atoms. The van der Waals surface area contributed by atoms with Crippen molar-refractivity contribution in [1.29, 1.82) is 0 Å². The Morgan fingerprint density at radius 3 is 2.81 bits per heavy atom. The van der Waals surface area contributed by atoms with Gasteiger partial charge in [-0.15, -0.1) is 0 Å². The molecule has 2 aromatic rings. The lowest BCUT2D eigenvalue weighted by Crippen LogP contribution is -1.91. The summed E-state index contributed by atoms with van der Waals surface area (Å²) in [5, 5.41) is 3.87. The van der Waals surface area contributed by atoms with Crippen LogP contribution in [0, 0.1) is 12.8 Å². The van der Waals surface area contributed by atoms with Crippen LogP contribution in [-0.2, 0) is 6.42 Å². The Balaban J connectivity index is 1.83. The molecule has 3 rings (SSSR count). The van der Waals surface area contributed by atoms with Gasteiger partial charge in [-0.05, 0) is 38.2 Å². The van der Waals surface area contributed by atoms with Gasteiger partial charge in [-0.1, -0.05) is 11.2 Å². The quantitative estimate of drug-likeness (QED) is 0.788. The molecule has 0 spiro atoms. The van der Waals surface area contributed by atoms with Gasteiger partial charge >= 0.3 is 0 Å². The van der Waals surface area contributed by atoms with Crippen LogP contribution in [0.15, 0.2) is 29.1 Å². The van der Waals surface area contributed by atoms with Crippen molar-refractivity contribution in [3.8, 4) is 11.1 Å². The Morgan fingerprint density at radius 2 is 2.25 bits per heavy atom. The average molecular weight is 214 g/mol. The Bertz CT molecular complexity index is 483. The lowest BCUT2D eigenvalue weighted by atomic mass is 10.1. The monoisotopic (exact) mass is 214 g/mol. The number of aryl methyl sites for hydroxylation is 1. The van der Waals surface area contributed by atoms with E-state index in [2.05, 4.69) is 22.3 Å². The first-order valence-corrected chi connectivity index (χ1v) is 5.69. The standard InChI is InChI=1S/C13H14N2O/c1-9-13(8-16-15-9)11-4-5-12(14-7-11)6-10-2-3-10/h4-5,7-8,10H,2-3,6H2,1H3. The molecule has 0 saturated heterocycles. The predicted molar refractivity (Wildman–Crippen MR) is 60.9 cm³/mol. The molecule has 2 aromatic heterocycles. The van der Waals surface area contributed by atoms with E-state index in [4.69, 9.17) is 4.52 Å². The van der Waals surface area contributed by atoms with Crippen LogP contribution < -0.4 is 0 Å². The van der Waals surface area contributed by atoms with E-state index in [1.807, 2.05) is 13.1 Å². The van der Waals surface area contributed by atoms with Crippen molar-refractivity contribution in [2.75, 3.05) is 0 Å². The molecule has 82 valence electrons. The third-order valence-corrected chi connectivity index (χ3v) is 3.08. The number of pyridine rings is 1. The van der Waals surface area contributed by atoms with Crippen LogP contribution in [0.5, 0.6) is 0 Å². The van der Waals surface area contributed by atoms with Gasteiger partial charge in [0.1, 0.15) is 6.26 Å². The largest absolute Gasteiger partial charge is 0.364 e. The molecule has 0 bridgehead atoms. The molecule has 0 aliphatic heterocycles. The summed E-state index contributed by atoms with van der Waals surface area (Å²) >= 11 is 0. The minimum atomic E-state index is 0.885. The van der Waals surface area contributed by atoms with E-state index in [1.54, 1.807) is 6.26 Å². The molecule has 0 aromatic carbocycles. The van der Waals surface area contributed by atoms with Gasteiger partial charge in [-0.25, -0.2) is 0 Å². The third kappa shape index (κ3) is 1.85. The summed E-state index contributed by atoms with van der Waals surface area (Å²) < 4.78 is 4.93. The SMILES string of the molecule is Cc1nocc1-c1ccc(CC2CC2)nc1. The van der Waals surface area contributed by atoms with Gasteiger partial charge in [0.15, 0.2) is 0 Å². The van der Waals surface area contributed by atoms with E-state index < -0.39 is 0 Å². The first-order chi connectivity index (χ1) is 7.83. The maximum Gasteiger partial charge on any atom is 0.131 e. The predicted octanol–water partition coefficient (Wildman–Crippen LogP) is 3.00. The molecule has 1 saturated carbocycles. The number of nitrogens with zero attached hydrogens (tertiary/aromatic N) is 2. The fraction of sp³-hybridized carbons (Fsp3) is 0.385. The highest BCUT2D eigenvalue weighted by molar-refractivity contribution is 5.63. The summed E-state index contributed by atoms with van der Waals surface area (Å²) in [6.07, 6.45) is 7.45. The summed E-state index contributed by atoms with van der Waals surface area (Å²) in [5.74, 6) is 0.885. The average Bonchev–Trinajstić information content (AvgIpc) is 3.00. The molecule has 1 aliphatic rings. The van der Waals surface area contributed by atoms with E-state index in [9.17, 15) is 0 Å². The maximum atomic E-state index is 4.93. The van der Waals surface area contributed by atoms with Crippen LogP contribution in [0.3, 0.4) is 0 Å². The zero-order valence-electron chi connectivity index (χ0n) is 9.31. The minimum Gasteiger partial charge on any atom is -0.364 e. The molecule has 0 radical (unpaired) electrons. The second kappa shape index (κ2) is 3.74. The van der Waals surface area contributed by atoms with E-state index >= 15 is 0 Å². The molecule has 2 heterocycles. The third-order valence-electron chi connectivity index (χ3n) is 3.08. The molecule has 0 N–H and O–H groups in total. The normalized spacial score (nSPS) is 15.3. The van der Waals surface area contributed by atoms with Crippen molar-refractivity contribution in [3.05, 3.63) is 36.0 Å². The minimum absolute atomic E-state index is 0.885. The zero-order chi connectivity index (χ0) is 11.0. The van der Waals surface area contributed by atoms with Gasteiger partial charge in [0.05, 0.1) is 5.69 Å². The topological polar surface area (TPSA) is 38.9 Å². The van der Waals surface area contributed by atoms with Crippen molar-refractivity contribution in [3.63, 3.8) is 0 Å². The molecule has 0 amide bonds. The molecular formula is C13H14N2O. The number of hydrogen-bond acceptors (Lipinski definition) is 3. The first-order valence-electron chi connectivity index (χ1n) is 5.69. The van der Waals surface area contributed by atoms with Crippen LogP contribution >= 0.6 is 0 Å². The molecule has 1 fully saturated rings. The summed E-state index contributed by atoms with van der Waals surface area (Å²) in [6.45, 7) is 1.94. The summed E-state index contributed by atoms with van der Waals surface area (Å²) in [7, 11) is 0. The lowest BCUT2D eigenvalue weighted by Gasteiger charge is -2.01. The van der Waals surface area contributed by atoms with Gasteiger partial charge < -0.3 is 4.52 Å². The van der Waals surface area contributed by atoms with Crippen LogP contribution in [0.2, 0.25) is 0 Å². The van der Waals surface area contributed by atoms with Crippen LogP contribution in [-0.4, -0.2) is 10.1 Å². The molecule has 1 aliphatic carbocycles. The summed E-state index contributed by atoms with van der Waals surface area (Å²) in [5.41, 5.74) is 4.22. The maximum absolute atomic E-state index is 4.93. The highest BCUT2D eigenvalue weighted by Crippen LogP contribution is 2.32. The molecular weight excluding hydrogens is 200 g/mol. The molecule has 0 unspecified atom stereocenters. The fourth-order valence-electron chi connectivity index (χ4n) is 1.89. The Kier molecular flexibility index (Phi) is 2.24. The van der Waals surface area contributed by atoms with Gasteiger partial charge in [0.2, 0.25) is 0 Å². The fourth-order valence-corrected chi connectivity index (χ4v) is 1.89. The van der Waals surface area contributed by atoms with Crippen molar-refractivity contribution < 1.29 is 4.52 Å². The van der Waals surface area contributed by atoms with Crippen molar-refractivity contribution >= 4 is 0 Å². The van der Waals surface area contributed by atoms with E-state index in [-0.39, 0.29) is 0 Å². The van der Waals surface area contributed by atoms with E-state index in [0.717, 1.165) is 29.2 Å². The molecule has 3 heteroatoms. The Hall–Kier alpha value is -1.64. The number of rotatable bonds is 3. The summed E-state index contributed by atoms with van der Waals surface area (Å²) in [4.78, 5) is 4.49. The lowest BCUT2D eigenvalue weighted by molar-refractivity contribution is 0.415. The zero-order valence-corrected chi connectivity index (χ0v) is 9.31. The van der Waals surface area contributed by atoms with Gasteiger partial charge in [0.25, 0.3) is 0 Å². The summed E-state index contributed by atoms with van der Waals surface area (Å²) in [6, 6.07) is 4.21. The van der Waals surface area contributed by atoms with Crippen LogP contribution in [0.4, 0.5) is 0 Å². The van der Waals surface area contributed by atoms with Crippen molar-refractivity contribution in [1.82, 2.24) is 10.1 Å². The van der Waals surface area contributed by atoms with E-state index in [0.29, 0.717) is 0 Å². The Labute approximate surface area is 94.5 Å². The van der Waals surface area contributed by atoms with Gasteiger partial charge in [-0.2, -0.15) is 0 Å². The second-order valence-corrected chi connectivity index (χ2v) is 4.50. The number of hydrogen-bond donors (Lipinski definition) is 0. The van der Waals surface area contributed by atoms with Gasteiger partial charge in [0, 0.05) is 23.0 Å². The molecule has 0 atom stereocenters. The number of aromatic nitrogens is 2. The smallest absolute Gasteiger partial charge is 0.131 e. The van der Waals surface area contributed by atoms with Crippen LogP contribution in [0.25, 0.3) is 11.1 Å². The highest BCUT2D eigenvalue weighted by Gasteiger charge is 2.21. The second-order valence-electron chi connectivity index (χ2n) is 4.50. The first kappa shape index (κ1) is 9.58. The van der Waals surface area contributed by atoms with E-state index in [1.165, 1.54) is 18.5 Å². The Morgan fingerprint density at radius 1 is 1.38 bits per heavy atom. The van der Waals surface area contributed by atoms with Gasteiger partial charge in [-0.3, -0.25) is 4.98 Å². The van der Waals surface area contributed by atoms with Crippen molar-refractivity contribution in [2.45, 2.75) is 26.2 Å². The van der Waals surface area contributed by atoms with Crippen LogP contribution in [0.1, 0.15) is 24.2 Å².